The number of benzene rings is 2. The van der Waals surface area contributed by atoms with E-state index in [1.807, 2.05) is 0 Å². The first kappa shape index (κ1) is 27.7. The molecular weight excluding hydrogens is 520 g/mol. The highest BCUT2D eigenvalue weighted by Gasteiger charge is 2.34. The van der Waals surface area contributed by atoms with E-state index >= 15 is 0 Å². The van der Waals surface area contributed by atoms with Gasteiger partial charge >= 0.3 is 5.97 Å². The summed E-state index contributed by atoms with van der Waals surface area (Å²) in [6, 6.07) is 7.89. The third-order valence-corrected chi connectivity index (χ3v) is 7.28. The first-order chi connectivity index (χ1) is 18.8. The van der Waals surface area contributed by atoms with Gasteiger partial charge in [0.25, 0.3) is 5.56 Å². The van der Waals surface area contributed by atoms with Crippen molar-refractivity contribution in [3.8, 4) is 23.0 Å². The molecule has 2 aromatic carbocycles. The van der Waals surface area contributed by atoms with E-state index < -0.39 is 12.0 Å². The van der Waals surface area contributed by atoms with Crippen molar-refractivity contribution >= 4 is 23.4 Å². The molecule has 1 aliphatic rings. The fourth-order valence-corrected chi connectivity index (χ4v) is 5.57. The molecule has 0 spiro atoms. The predicted molar refractivity (Wildman–Crippen MR) is 149 cm³/mol. The largest absolute Gasteiger partial charge is 0.504 e. The fourth-order valence-electron chi connectivity index (χ4n) is 4.52. The average Bonchev–Trinajstić information content (AvgIpc) is 3.23. The van der Waals surface area contributed by atoms with Crippen molar-refractivity contribution in [3.05, 3.63) is 90.6 Å². The number of methoxy groups -OCH3 is 3. The summed E-state index contributed by atoms with van der Waals surface area (Å²) in [7, 11) is 4.52. The van der Waals surface area contributed by atoms with Gasteiger partial charge in [0.1, 0.15) is 0 Å². The molecule has 10 heteroatoms. The zero-order valence-electron chi connectivity index (χ0n) is 22.4. The van der Waals surface area contributed by atoms with Crippen LogP contribution in [0.5, 0.6) is 23.0 Å². The third-order valence-electron chi connectivity index (χ3n) is 6.30. The minimum Gasteiger partial charge on any atom is -0.504 e. The smallest absolute Gasteiger partial charge is 0.338 e. The molecule has 0 unspecified atom stereocenters. The van der Waals surface area contributed by atoms with Crippen molar-refractivity contribution in [1.29, 1.82) is 0 Å². The monoisotopic (exact) mass is 550 g/mol. The molecule has 1 atom stereocenters. The normalized spacial score (nSPS) is 14.9. The Morgan fingerprint density at radius 1 is 1.13 bits per heavy atom. The number of thiazole rings is 1. The molecule has 39 heavy (non-hydrogen) atoms. The van der Waals surface area contributed by atoms with Crippen LogP contribution in [0.15, 0.2) is 64.0 Å². The second-order valence-corrected chi connectivity index (χ2v) is 9.65. The Labute approximate surface area is 229 Å². The van der Waals surface area contributed by atoms with Crippen molar-refractivity contribution in [1.82, 2.24) is 4.57 Å². The van der Waals surface area contributed by atoms with Gasteiger partial charge in [-0.3, -0.25) is 9.36 Å². The maximum Gasteiger partial charge on any atom is 0.338 e. The van der Waals surface area contributed by atoms with E-state index in [4.69, 9.17) is 18.9 Å². The minimum atomic E-state index is -0.798. The van der Waals surface area contributed by atoms with E-state index in [1.165, 1.54) is 37.2 Å². The molecule has 0 saturated heterocycles. The fraction of sp³-hybridized carbons (Fsp3) is 0.276. The quantitative estimate of drug-likeness (QED) is 0.322. The average molecular weight is 551 g/mol. The molecule has 0 radical (unpaired) electrons. The van der Waals surface area contributed by atoms with Gasteiger partial charge in [-0.05, 0) is 61.7 Å². The molecule has 0 aliphatic carbocycles. The van der Waals surface area contributed by atoms with Crippen LogP contribution in [0, 0.1) is 0 Å². The van der Waals surface area contributed by atoms with E-state index in [9.17, 15) is 14.7 Å². The van der Waals surface area contributed by atoms with Crippen LogP contribution in [0.1, 0.15) is 36.6 Å². The number of aromatic hydroxyl groups is 1. The second kappa shape index (κ2) is 11.6. The van der Waals surface area contributed by atoms with Crippen LogP contribution in [0.2, 0.25) is 0 Å². The highest BCUT2D eigenvalue weighted by molar-refractivity contribution is 7.07. The summed E-state index contributed by atoms with van der Waals surface area (Å²) < 4.78 is 23.5. The van der Waals surface area contributed by atoms with Gasteiger partial charge < -0.3 is 24.1 Å². The standard InChI is InChI=1S/C29H30N2O7S/c1-7-9-19-12-17(13-22(37-6)26(19)32)14-23-27(33)31-25(18-10-11-20(35-4)21(15-18)36-5)24(28(34)38-8-2)16(3)30-29(31)39-23/h7,10-15,25,32H,1,8-9H2,2-6H3/t25-/m0/s1. The lowest BCUT2D eigenvalue weighted by Gasteiger charge is -2.25. The Morgan fingerprint density at radius 2 is 1.85 bits per heavy atom. The molecule has 2 heterocycles. The molecule has 204 valence electrons. The Morgan fingerprint density at radius 3 is 2.49 bits per heavy atom. The lowest BCUT2D eigenvalue weighted by atomic mass is 9.95. The minimum absolute atomic E-state index is 0.0270. The molecule has 0 fully saturated rings. The van der Waals surface area contributed by atoms with Crippen molar-refractivity contribution in [2.75, 3.05) is 27.9 Å². The van der Waals surface area contributed by atoms with Crippen LogP contribution in [-0.2, 0) is 16.0 Å². The number of phenolic OH excluding ortho intramolecular Hbond substituents is 1. The summed E-state index contributed by atoms with van der Waals surface area (Å²) in [6.45, 7) is 7.37. The number of allylic oxidation sites excluding steroid dienone is 2. The van der Waals surface area contributed by atoms with Crippen molar-refractivity contribution in [2.24, 2.45) is 4.99 Å². The predicted octanol–water partition coefficient (Wildman–Crippen LogP) is 3.26. The number of rotatable bonds is 9. The number of aromatic nitrogens is 1. The number of ether oxygens (including phenoxy) is 4. The Hall–Kier alpha value is -4.31. The van der Waals surface area contributed by atoms with Crippen LogP contribution in [0.3, 0.4) is 0 Å². The van der Waals surface area contributed by atoms with Crippen molar-refractivity contribution in [2.45, 2.75) is 26.3 Å². The zero-order valence-corrected chi connectivity index (χ0v) is 23.3. The molecule has 0 amide bonds. The number of carbonyl (C=O) groups excluding carboxylic acids is 1. The van der Waals surface area contributed by atoms with E-state index in [1.54, 1.807) is 56.3 Å². The van der Waals surface area contributed by atoms with Gasteiger partial charge in [0.05, 0.1) is 49.8 Å². The van der Waals surface area contributed by atoms with Crippen molar-refractivity contribution < 1.29 is 28.8 Å². The second-order valence-electron chi connectivity index (χ2n) is 8.64. The van der Waals surface area contributed by atoms with E-state index in [0.29, 0.717) is 49.6 Å². The summed E-state index contributed by atoms with van der Waals surface area (Å²) >= 11 is 1.20. The number of esters is 1. The van der Waals surface area contributed by atoms with Gasteiger partial charge in [0, 0.05) is 5.56 Å². The summed E-state index contributed by atoms with van der Waals surface area (Å²) in [5.41, 5.74) is 2.31. The molecule has 9 nitrogen and oxygen atoms in total. The van der Waals surface area contributed by atoms with Crippen LogP contribution < -0.4 is 29.1 Å². The van der Waals surface area contributed by atoms with Gasteiger partial charge in [-0.25, -0.2) is 9.79 Å². The summed E-state index contributed by atoms with van der Waals surface area (Å²) in [5.74, 6) is 0.742. The lowest BCUT2D eigenvalue weighted by molar-refractivity contribution is -0.139. The molecule has 4 rings (SSSR count). The SMILES string of the molecule is C=CCc1cc(C=c2sc3n(c2=O)[C@@H](c2ccc(OC)c(OC)c2)C(C(=O)OCC)=C(C)N=3)cc(OC)c1O. The van der Waals surface area contributed by atoms with Crippen LogP contribution in [-0.4, -0.2) is 43.6 Å². The maximum atomic E-state index is 13.9. The number of carbonyl (C=O) groups is 1. The molecule has 1 aliphatic heterocycles. The van der Waals surface area contributed by atoms with Crippen LogP contribution >= 0.6 is 11.3 Å². The molecular formula is C29H30N2O7S. The van der Waals surface area contributed by atoms with Gasteiger partial charge in [-0.1, -0.05) is 23.5 Å². The lowest BCUT2D eigenvalue weighted by Crippen LogP contribution is -2.40. The number of hydrogen-bond donors (Lipinski definition) is 1. The zero-order chi connectivity index (χ0) is 28.3. The maximum absolute atomic E-state index is 13.9. The van der Waals surface area contributed by atoms with E-state index in [0.717, 1.165) is 0 Å². The van der Waals surface area contributed by atoms with Crippen molar-refractivity contribution in [3.63, 3.8) is 0 Å². The number of phenols is 1. The molecule has 0 bridgehead atoms. The van der Waals surface area contributed by atoms with E-state index in [2.05, 4.69) is 11.6 Å². The summed E-state index contributed by atoms with van der Waals surface area (Å²) in [5, 5.41) is 10.5. The van der Waals surface area contributed by atoms with Crippen LogP contribution in [0.4, 0.5) is 0 Å². The van der Waals surface area contributed by atoms with Crippen LogP contribution in [0.25, 0.3) is 6.08 Å². The third kappa shape index (κ3) is 5.20. The molecule has 0 saturated carbocycles. The Kier molecular flexibility index (Phi) is 8.25. The van der Waals surface area contributed by atoms with Gasteiger partial charge in [-0.2, -0.15) is 0 Å². The number of nitrogens with zero attached hydrogens (tertiary/aromatic N) is 2. The number of fused-ring (bicyclic) bond motifs is 1. The summed E-state index contributed by atoms with van der Waals surface area (Å²) in [6.07, 6.45) is 3.81. The molecule has 1 aromatic heterocycles. The first-order valence-electron chi connectivity index (χ1n) is 12.2. The topological polar surface area (TPSA) is 109 Å². The molecule has 1 N–H and O–H groups in total. The highest BCUT2D eigenvalue weighted by Crippen LogP contribution is 2.36. The highest BCUT2D eigenvalue weighted by atomic mass is 32.1. The summed E-state index contributed by atoms with van der Waals surface area (Å²) in [4.78, 5) is 32.1. The van der Waals surface area contributed by atoms with E-state index in [-0.39, 0.29) is 29.2 Å². The first-order valence-corrected chi connectivity index (χ1v) is 13.0. The Balaban J connectivity index is 1.97. The number of hydrogen-bond acceptors (Lipinski definition) is 9. The Bertz CT molecular complexity index is 1650. The molecule has 3 aromatic rings. The van der Waals surface area contributed by atoms with Gasteiger partial charge in [0.15, 0.2) is 27.8 Å². The van der Waals surface area contributed by atoms with Gasteiger partial charge in [-0.15, -0.1) is 6.58 Å². The van der Waals surface area contributed by atoms with Gasteiger partial charge in [0.2, 0.25) is 0 Å².